The first-order valence-corrected chi connectivity index (χ1v) is 10.2. The highest BCUT2D eigenvalue weighted by Crippen LogP contribution is 2.38. The number of amides is 1. The maximum Gasteiger partial charge on any atom is 0.261 e. The summed E-state index contributed by atoms with van der Waals surface area (Å²) in [4.78, 5) is 23.4. The Bertz CT molecular complexity index is 1060. The number of hydrogen-bond donors (Lipinski definition) is 2. The summed E-state index contributed by atoms with van der Waals surface area (Å²) in [6, 6.07) is 9.29. The van der Waals surface area contributed by atoms with E-state index in [9.17, 15) is 18.0 Å². The molecule has 28 heavy (non-hydrogen) atoms. The van der Waals surface area contributed by atoms with Crippen molar-refractivity contribution in [3.8, 4) is 11.5 Å². The van der Waals surface area contributed by atoms with Gasteiger partial charge in [0.15, 0.2) is 17.3 Å². The molecule has 4 rings (SSSR count). The molecule has 2 N–H and O–H groups in total. The summed E-state index contributed by atoms with van der Waals surface area (Å²) in [5.74, 6) is 0.497. The van der Waals surface area contributed by atoms with Crippen molar-refractivity contribution < 1.29 is 27.5 Å². The lowest BCUT2D eigenvalue weighted by Crippen LogP contribution is -2.15. The second kappa shape index (κ2) is 6.83. The van der Waals surface area contributed by atoms with Crippen LogP contribution in [0.4, 0.5) is 5.69 Å². The summed E-state index contributed by atoms with van der Waals surface area (Å²) in [7, 11) is -3.92. The van der Waals surface area contributed by atoms with Crippen molar-refractivity contribution in [2.75, 3.05) is 18.1 Å². The third kappa shape index (κ3) is 3.40. The van der Waals surface area contributed by atoms with Crippen molar-refractivity contribution in [1.29, 1.82) is 0 Å². The highest BCUT2D eigenvalue weighted by atomic mass is 32.2. The topological polar surface area (TPSA) is 111 Å². The average Bonchev–Trinajstić information content (AvgIpc) is 3.29. The number of anilines is 1. The van der Waals surface area contributed by atoms with Gasteiger partial charge < -0.3 is 14.8 Å². The first-order chi connectivity index (χ1) is 13.3. The van der Waals surface area contributed by atoms with Gasteiger partial charge >= 0.3 is 0 Å². The van der Waals surface area contributed by atoms with E-state index in [1.165, 1.54) is 31.2 Å². The van der Waals surface area contributed by atoms with Crippen LogP contribution in [0.5, 0.6) is 11.5 Å². The van der Waals surface area contributed by atoms with Gasteiger partial charge in [0.05, 0.1) is 10.6 Å². The largest absolute Gasteiger partial charge is 0.454 e. The van der Waals surface area contributed by atoms with Crippen LogP contribution in [0.1, 0.15) is 35.2 Å². The predicted octanol–water partition coefficient (Wildman–Crippen LogP) is 2.02. The second-order valence-electron chi connectivity index (χ2n) is 6.69. The molecular weight excluding hydrogens is 384 g/mol. The minimum Gasteiger partial charge on any atom is -0.454 e. The lowest BCUT2D eigenvalue weighted by molar-refractivity contribution is -0.119. The van der Waals surface area contributed by atoms with Crippen LogP contribution in [0.3, 0.4) is 0 Å². The first-order valence-electron chi connectivity index (χ1n) is 8.67. The van der Waals surface area contributed by atoms with Gasteiger partial charge in [-0.2, -0.15) is 0 Å². The van der Waals surface area contributed by atoms with Crippen LogP contribution in [0.2, 0.25) is 0 Å². The smallest absolute Gasteiger partial charge is 0.261 e. The second-order valence-corrected chi connectivity index (χ2v) is 8.37. The molecule has 2 aromatic rings. The van der Waals surface area contributed by atoms with Crippen LogP contribution in [-0.2, 0) is 14.8 Å². The van der Waals surface area contributed by atoms with E-state index < -0.39 is 10.0 Å². The molecule has 0 radical (unpaired) electrons. The summed E-state index contributed by atoms with van der Waals surface area (Å²) >= 11 is 0. The zero-order chi connectivity index (χ0) is 19.9. The number of nitrogens with one attached hydrogen (secondary N) is 2. The molecule has 2 heterocycles. The Labute approximate surface area is 161 Å². The van der Waals surface area contributed by atoms with E-state index in [0.717, 1.165) is 5.56 Å². The molecule has 2 aliphatic heterocycles. The maximum atomic E-state index is 12.8. The van der Waals surface area contributed by atoms with Gasteiger partial charge in [-0.25, -0.2) is 8.42 Å². The fourth-order valence-corrected chi connectivity index (χ4v) is 4.35. The fraction of sp³-hybridized carbons (Fsp3) is 0.263. The van der Waals surface area contributed by atoms with E-state index in [2.05, 4.69) is 10.0 Å². The average molecular weight is 402 g/mol. The molecule has 8 nitrogen and oxygen atoms in total. The Morgan fingerprint density at radius 2 is 1.82 bits per heavy atom. The Balaban J connectivity index is 1.61. The summed E-state index contributed by atoms with van der Waals surface area (Å²) in [6.45, 7) is 1.91. The molecule has 1 atom stereocenters. The van der Waals surface area contributed by atoms with E-state index in [1.807, 2.05) is 0 Å². The van der Waals surface area contributed by atoms with Gasteiger partial charge in [-0.1, -0.05) is 12.1 Å². The summed E-state index contributed by atoms with van der Waals surface area (Å²) < 4.78 is 38.6. The van der Waals surface area contributed by atoms with Crippen molar-refractivity contribution in [3.05, 3.63) is 47.5 Å². The highest BCUT2D eigenvalue weighted by molar-refractivity contribution is 7.92. The lowest BCUT2D eigenvalue weighted by atomic mass is 9.99. The van der Waals surface area contributed by atoms with Crippen molar-refractivity contribution >= 4 is 27.4 Å². The van der Waals surface area contributed by atoms with Gasteiger partial charge in [0.1, 0.15) is 0 Å². The molecule has 1 fully saturated rings. The Morgan fingerprint density at radius 1 is 1.14 bits per heavy atom. The van der Waals surface area contributed by atoms with Gasteiger partial charge in [0, 0.05) is 30.5 Å². The Morgan fingerprint density at radius 3 is 2.43 bits per heavy atom. The van der Waals surface area contributed by atoms with E-state index in [4.69, 9.17) is 9.47 Å². The van der Waals surface area contributed by atoms with E-state index in [-0.39, 0.29) is 40.5 Å². The SMILES string of the molecule is CC(=O)c1cc2c(cc1NS(=O)(=O)c1ccc([C@H]3CNC(=O)C3)cc1)OCO2. The van der Waals surface area contributed by atoms with Gasteiger partial charge in [0.25, 0.3) is 10.0 Å². The molecule has 0 aromatic heterocycles. The number of carbonyl (C=O) groups is 2. The molecule has 1 amide bonds. The molecule has 0 saturated carbocycles. The Kier molecular flexibility index (Phi) is 4.46. The first kappa shape index (κ1) is 18.3. The molecule has 0 bridgehead atoms. The number of fused-ring (bicyclic) bond motifs is 1. The number of carbonyl (C=O) groups excluding carboxylic acids is 2. The van der Waals surface area contributed by atoms with Gasteiger partial charge in [-0.3, -0.25) is 14.3 Å². The number of benzene rings is 2. The van der Waals surface area contributed by atoms with Gasteiger partial charge in [-0.05, 0) is 30.7 Å². The van der Waals surface area contributed by atoms with Crippen molar-refractivity contribution in [2.45, 2.75) is 24.2 Å². The number of Topliss-reactive ketones (excluding diaryl/α,β-unsaturated/α-hetero) is 1. The van der Waals surface area contributed by atoms with Gasteiger partial charge in [0.2, 0.25) is 12.7 Å². The monoisotopic (exact) mass is 402 g/mol. The van der Waals surface area contributed by atoms with E-state index >= 15 is 0 Å². The molecular formula is C19H18N2O6S. The zero-order valence-corrected chi connectivity index (χ0v) is 15.8. The third-order valence-electron chi connectivity index (χ3n) is 4.78. The van der Waals surface area contributed by atoms with E-state index in [0.29, 0.717) is 24.5 Å². The fourth-order valence-electron chi connectivity index (χ4n) is 3.28. The molecule has 146 valence electrons. The number of ether oxygens (including phenoxy) is 2. The molecule has 0 spiro atoms. The normalized spacial score (nSPS) is 18.0. The van der Waals surface area contributed by atoms with Crippen LogP contribution in [0.15, 0.2) is 41.3 Å². The molecule has 0 aliphatic carbocycles. The minimum absolute atomic E-state index is 0.0112. The Hall–Kier alpha value is -3.07. The van der Waals surface area contributed by atoms with Crippen molar-refractivity contribution in [2.24, 2.45) is 0 Å². The quantitative estimate of drug-likeness (QED) is 0.741. The number of hydrogen-bond acceptors (Lipinski definition) is 6. The summed E-state index contributed by atoms with van der Waals surface area (Å²) in [6.07, 6.45) is 0.392. The standard InChI is InChI=1S/C19H18N2O6S/c1-11(22)15-7-17-18(27-10-26-17)8-16(15)21-28(24,25)14-4-2-12(3-5-14)13-6-19(23)20-9-13/h2-5,7-8,13,21H,6,9-10H2,1H3,(H,20,23)/t13-/m1/s1. The van der Waals surface area contributed by atoms with Crippen molar-refractivity contribution in [1.82, 2.24) is 5.32 Å². The molecule has 1 saturated heterocycles. The lowest BCUT2D eigenvalue weighted by Gasteiger charge is -2.13. The van der Waals surface area contributed by atoms with E-state index in [1.54, 1.807) is 12.1 Å². The van der Waals surface area contributed by atoms with Gasteiger partial charge in [-0.15, -0.1) is 0 Å². The number of rotatable bonds is 5. The highest BCUT2D eigenvalue weighted by Gasteiger charge is 2.25. The number of sulfonamides is 1. The molecule has 2 aliphatic rings. The van der Waals surface area contributed by atoms with Crippen LogP contribution in [0.25, 0.3) is 0 Å². The van der Waals surface area contributed by atoms with Crippen molar-refractivity contribution in [3.63, 3.8) is 0 Å². The van der Waals surface area contributed by atoms with Crippen LogP contribution in [0, 0.1) is 0 Å². The summed E-state index contributed by atoms with van der Waals surface area (Å²) in [5, 5.41) is 2.76. The third-order valence-corrected chi connectivity index (χ3v) is 6.16. The maximum absolute atomic E-state index is 12.8. The molecule has 9 heteroatoms. The predicted molar refractivity (Wildman–Crippen MR) is 100 cm³/mol. The minimum atomic E-state index is -3.92. The zero-order valence-electron chi connectivity index (χ0n) is 15.0. The van der Waals surface area contributed by atoms with Crippen LogP contribution in [-0.4, -0.2) is 33.4 Å². The number of ketones is 1. The molecule has 0 unspecified atom stereocenters. The summed E-state index contributed by atoms with van der Waals surface area (Å²) in [5.41, 5.74) is 1.22. The molecule has 2 aromatic carbocycles. The van der Waals surface area contributed by atoms with Crippen LogP contribution < -0.4 is 19.5 Å². The van der Waals surface area contributed by atoms with Crippen LogP contribution >= 0.6 is 0 Å².